The van der Waals surface area contributed by atoms with Crippen molar-refractivity contribution in [3.05, 3.63) is 34.9 Å². The molecule has 0 bridgehead atoms. The average Bonchev–Trinajstić information content (AvgIpc) is 2.76. The summed E-state index contributed by atoms with van der Waals surface area (Å²) in [5, 5.41) is 0. The highest BCUT2D eigenvalue weighted by Crippen LogP contribution is 2.17. The van der Waals surface area contributed by atoms with Crippen LogP contribution in [0.4, 0.5) is 0 Å². The van der Waals surface area contributed by atoms with Gasteiger partial charge < -0.3 is 4.90 Å². The molecule has 1 aliphatic rings. The number of hydrogen-bond donors (Lipinski definition) is 0. The topological polar surface area (TPSA) is 20.3 Å². The quantitative estimate of drug-likeness (QED) is 0.559. The lowest BCUT2D eigenvalue weighted by atomic mass is 10.1. The molecule has 0 radical (unpaired) electrons. The summed E-state index contributed by atoms with van der Waals surface area (Å²) in [6.07, 6.45) is 12.4. The molecule has 1 heterocycles. The number of allylic oxidation sites excluding steroid dienone is 5. The van der Waals surface area contributed by atoms with E-state index < -0.39 is 0 Å². The summed E-state index contributed by atoms with van der Waals surface area (Å²) in [6, 6.07) is 0. The van der Waals surface area contributed by atoms with Crippen molar-refractivity contribution in [2.75, 3.05) is 13.1 Å². The molecule has 1 saturated heterocycles. The van der Waals surface area contributed by atoms with E-state index in [0.717, 1.165) is 45.2 Å². The maximum Gasteiger partial charge on any atom is 0.225 e. The molecule has 0 aromatic rings. The molecule has 0 saturated carbocycles. The molecule has 1 atom stereocenters. The first kappa shape index (κ1) is 18.7. The highest BCUT2D eigenvalue weighted by Gasteiger charge is 2.26. The fourth-order valence-electron chi connectivity index (χ4n) is 2.68. The van der Waals surface area contributed by atoms with Crippen molar-refractivity contribution in [1.82, 2.24) is 4.90 Å². The zero-order valence-electron chi connectivity index (χ0n) is 15.1. The minimum Gasteiger partial charge on any atom is -0.339 e. The van der Waals surface area contributed by atoms with Crippen LogP contribution < -0.4 is 0 Å². The molecule has 0 aromatic heterocycles. The Morgan fingerprint density at radius 2 is 1.64 bits per heavy atom. The Morgan fingerprint density at radius 1 is 1.05 bits per heavy atom. The second kappa shape index (κ2) is 9.66. The zero-order valence-corrected chi connectivity index (χ0v) is 15.1. The Labute approximate surface area is 137 Å². The van der Waals surface area contributed by atoms with Gasteiger partial charge in [-0.1, -0.05) is 41.9 Å². The average molecular weight is 303 g/mol. The third-order valence-corrected chi connectivity index (χ3v) is 4.35. The third kappa shape index (κ3) is 7.11. The van der Waals surface area contributed by atoms with E-state index in [1.165, 1.54) is 16.7 Å². The van der Waals surface area contributed by atoms with Crippen molar-refractivity contribution in [1.29, 1.82) is 0 Å². The molecular formula is C20H33NO. The van der Waals surface area contributed by atoms with Gasteiger partial charge in [0, 0.05) is 19.0 Å². The highest BCUT2D eigenvalue weighted by molar-refractivity contribution is 5.80. The first-order valence-electron chi connectivity index (χ1n) is 8.63. The summed E-state index contributed by atoms with van der Waals surface area (Å²) >= 11 is 0. The van der Waals surface area contributed by atoms with Crippen molar-refractivity contribution in [2.24, 2.45) is 5.92 Å². The van der Waals surface area contributed by atoms with Gasteiger partial charge in [0.25, 0.3) is 0 Å². The second-order valence-corrected chi connectivity index (χ2v) is 6.93. The number of amides is 1. The molecule has 0 aliphatic carbocycles. The Hall–Kier alpha value is -1.31. The Kier molecular flexibility index (Phi) is 8.22. The van der Waals surface area contributed by atoms with Gasteiger partial charge in [0.1, 0.15) is 0 Å². The molecule has 2 nitrogen and oxygen atoms in total. The van der Waals surface area contributed by atoms with E-state index in [1.807, 2.05) is 11.8 Å². The van der Waals surface area contributed by atoms with Crippen molar-refractivity contribution < 1.29 is 4.79 Å². The molecule has 1 fully saturated rings. The van der Waals surface area contributed by atoms with Gasteiger partial charge in [0.15, 0.2) is 0 Å². The number of nitrogens with zero attached hydrogens (tertiary/aromatic N) is 1. The standard InChI is InChI=1S/C20H33NO/c1-16(2)8-6-9-17(3)10-7-11-18(4)12-14-21-15-13-19(5)20(21)22/h8,10,12,19H,6-7,9,11,13-15H2,1-5H3/b17-10+,18-12+. The molecule has 0 N–H and O–H groups in total. The summed E-state index contributed by atoms with van der Waals surface area (Å²) in [4.78, 5) is 13.8. The van der Waals surface area contributed by atoms with Crippen molar-refractivity contribution in [3.63, 3.8) is 0 Å². The lowest BCUT2D eigenvalue weighted by Gasteiger charge is -2.14. The van der Waals surface area contributed by atoms with E-state index in [1.54, 1.807) is 0 Å². The predicted molar refractivity (Wildman–Crippen MR) is 95.8 cm³/mol. The highest BCUT2D eigenvalue weighted by atomic mass is 16.2. The van der Waals surface area contributed by atoms with E-state index in [9.17, 15) is 4.79 Å². The van der Waals surface area contributed by atoms with Gasteiger partial charge in [-0.15, -0.1) is 0 Å². The summed E-state index contributed by atoms with van der Waals surface area (Å²) in [7, 11) is 0. The molecule has 1 aliphatic heterocycles. The molecule has 1 rings (SSSR count). The fraction of sp³-hybridized carbons (Fsp3) is 0.650. The van der Waals surface area contributed by atoms with Crippen LogP contribution in [0, 0.1) is 5.92 Å². The Bertz CT molecular complexity index is 452. The van der Waals surface area contributed by atoms with Crippen LogP contribution in [0.2, 0.25) is 0 Å². The van der Waals surface area contributed by atoms with Gasteiger partial charge in [0.2, 0.25) is 5.91 Å². The number of hydrogen-bond acceptors (Lipinski definition) is 1. The van der Waals surface area contributed by atoms with E-state index in [2.05, 4.69) is 45.9 Å². The van der Waals surface area contributed by atoms with E-state index in [-0.39, 0.29) is 5.92 Å². The van der Waals surface area contributed by atoms with Crippen LogP contribution in [-0.2, 0) is 4.79 Å². The maximum absolute atomic E-state index is 11.9. The van der Waals surface area contributed by atoms with Crippen LogP contribution >= 0.6 is 0 Å². The van der Waals surface area contributed by atoms with Gasteiger partial charge in [-0.05, 0) is 59.8 Å². The van der Waals surface area contributed by atoms with Crippen LogP contribution in [-0.4, -0.2) is 23.9 Å². The normalized spacial score (nSPS) is 19.8. The molecule has 2 heteroatoms. The minimum absolute atomic E-state index is 0.222. The zero-order chi connectivity index (χ0) is 16.5. The number of carbonyl (C=O) groups excluding carboxylic acids is 1. The minimum atomic E-state index is 0.222. The van der Waals surface area contributed by atoms with Crippen LogP contribution in [0.1, 0.15) is 66.7 Å². The van der Waals surface area contributed by atoms with Crippen LogP contribution in [0.5, 0.6) is 0 Å². The molecule has 0 spiro atoms. The predicted octanol–water partition coefficient (Wildman–Crippen LogP) is 5.27. The van der Waals surface area contributed by atoms with Crippen LogP contribution in [0.3, 0.4) is 0 Å². The van der Waals surface area contributed by atoms with Gasteiger partial charge >= 0.3 is 0 Å². The monoisotopic (exact) mass is 303 g/mol. The lowest BCUT2D eigenvalue weighted by Crippen LogP contribution is -2.26. The van der Waals surface area contributed by atoms with E-state index in [4.69, 9.17) is 0 Å². The van der Waals surface area contributed by atoms with Gasteiger partial charge in [-0.2, -0.15) is 0 Å². The first-order chi connectivity index (χ1) is 10.4. The van der Waals surface area contributed by atoms with E-state index in [0.29, 0.717) is 5.91 Å². The van der Waals surface area contributed by atoms with Crippen molar-refractivity contribution in [2.45, 2.75) is 66.7 Å². The number of likely N-dealkylation sites (tertiary alicyclic amines) is 1. The maximum atomic E-state index is 11.9. The molecule has 0 aromatic carbocycles. The van der Waals surface area contributed by atoms with Crippen molar-refractivity contribution in [3.8, 4) is 0 Å². The molecule has 1 unspecified atom stereocenters. The first-order valence-corrected chi connectivity index (χ1v) is 8.63. The lowest BCUT2D eigenvalue weighted by molar-refractivity contribution is -0.130. The number of carbonyl (C=O) groups is 1. The summed E-state index contributed by atoms with van der Waals surface area (Å²) < 4.78 is 0. The summed E-state index contributed by atoms with van der Waals surface area (Å²) in [6.45, 7) is 12.4. The van der Waals surface area contributed by atoms with Crippen LogP contribution in [0.25, 0.3) is 0 Å². The molecule has 1 amide bonds. The van der Waals surface area contributed by atoms with E-state index >= 15 is 0 Å². The third-order valence-electron chi connectivity index (χ3n) is 4.35. The molecular weight excluding hydrogens is 270 g/mol. The smallest absolute Gasteiger partial charge is 0.225 e. The Morgan fingerprint density at radius 3 is 2.18 bits per heavy atom. The molecule has 124 valence electrons. The summed E-state index contributed by atoms with van der Waals surface area (Å²) in [5.74, 6) is 0.541. The Balaban J connectivity index is 2.27. The fourth-order valence-corrected chi connectivity index (χ4v) is 2.68. The van der Waals surface area contributed by atoms with Crippen LogP contribution in [0.15, 0.2) is 34.9 Å². The summed E-state index contributed by atoms with van der Waals surface area (Å²) in [5.41, 5.74) is 4.27. The second-order valence-electron chi connectivity index (χ2n) is 6.93. The van der Waals surface area contributed by atoms with Crippen molar-refractivity contribution >= 4 is 5.91 Å². The molecule has 22 heavy (non-hydrogen) atoms. The van der Waals surface area contributed by atoms with Gasteiger partial charge in [-0.25, -0.2) is 0 Å². The van der Waals surface area contributed by atoms with Gasteiger partial charge in [-0.3, -0.25) is 4.79 Å². The largest absolute Gasteiger partial charge is 0.339 e. The SMILES string of the molecule is CC(C)=CCC/C(C)=C/CC/C(C)=C/CN1CCC(C)C1=O. The van der Waals surface area contributed by atoms with Gasteiger partial charge in [0.05, 0.1) is 0 Å². The number of rotatable bonds is 8.